The lowest BCUT2D eigenvalue weighted by Gasteiger charge is -2.23. The maximum Gasteiger partial charge on any atom is 0.240 e. The Labute approximate surface area is 116 Å². The summed E-state index contributed by atoms with van der Waals surface area (Å²) in [5.74, 6) is -7.02. The molecular weight excluding hydrogens is 285 g/mol. The van der Waals surface area contributed by atoms with Crippen molar-refractivity contribution >= 4 is 17.4 Å². The monoisotopic (exact) mass is 292 g/mol. The molecule has 0 radical (unpaired) electrons. The second-order valence-electron chi connectivity index (χ2n) is 4.49. The SMILES string of the molecule is O=C1Nc2cnccc2C(=O)[C@H]1c1c(F)cc(F)cc1F. The van der Waals surface area contributed by atoms with Crippen molar-refractivity contribution in [2.24, 2.45) is 0 Å². The van der Waals surface area contributed by atoms with Gasteiger partial charge in [0.05, 0.1) is 11.9 Å². The van der Waals surface area contributed by atoms with Crippen molar-refractivity contribution < 1.29 is 22.8 Å². The molecule has 0 saturated carbocycles. The first-order valence-corrected chi connectivity index (χ1v) is 5.92. The average molecular weight is 292 g/mol. The Hall–Kier alpha value is -2.70. The molecule has 1 atom stereocenters. The van der Waals surface area contributed by atoms with Crippen LogP contribution in [0, 0.1) is 17.5 Å². The fraction of sp³-hybridized carbons (Fsp3) is 0.0714. The number of pyridine rings is 1. The molecule has 21 heavy (non-hydrogen) atoms. The third-order valence-electron chi connectivity index (χ3n) is 3.20. The maximum absolute atomic E-state index is 13.8. The summed E-state index contributed by atoms with van der Waals surface area (Å²) in [6.45, 7) is 0. The molecule has 0 fully saturated rings. The van der Waals surface area contributed by atoms with E-state index in [1.54, 1.807) is 0 Å². The number of carbonyl (C=O) groups excluding carboxylic acids is 2. The molecule has 2 heterocycles. The number of nitrogens with zero attached hydrogens (tertiary/aromatic N) is 1. The smallest absolute Gasteiger partial charge is 0.240 e. The molecule has 0 spiro atoms. The van der Waals surface area contributed by atoms with Gasteiger partial charge in [0.15, 0.2) is 5.78 Å². The van der Waals surface area contributed by atoms with Gasteiger partial charge in [-0.05, 0) is 6.07 Å². The lowest BCUT2D eigenvalue weighted by molar-refractivity contribution is -0.116. The zero-order valence-electron chi connectivity index (χ0n) is 10.4. The largest absolute Gasteiger partial charge is 0.323 e. The molecule has 2 aromatic rings. The Kier molecular flexibility index (Phi) is 2.97. The quantitative estimate of drug-likeness (QED) is 0.821. The second-order valence-corrected chi connectivity index (χ2v) is 4.49. The minimum Gasteiger partial charge on any atom is -0.323 e. The van der Waals surface area contributed by atoms with Crippen LogP contribution in [0.1, 0.15) is 21.8 Å². The molecule has 1 amide bonds. The minimum absolute atomic E-state index is 0.0951. The predicted octanol–water partition coefficient (Wildman–Crippen LogP) is 2.42. The second kappa shape index (κ2) is 4.69. The van der Waals surface area contributed by atoms with E-state index in [1.807, 2.05) is 0 Å². The van der Waals surface area contributed by atoms with E-state index in [9.17, 15) is 22.8 Å². The van der Waals surface area contributed by atoms with E-state index < -0.39 is 40.6 Å². The summed E-state index contributed by atoms with van der Waals surface area (Å²) >= 11 is 0. The summed E-state index contributed by atoms with van der Waals surface area (Å²) in [4.78, 5) is 28.0. The fourth-order valence-corrected chi connectivity index (χ4v) is 2.28. The van der Waals surface area contributed by atoms with E-state index in [4.69, 9.17) is 0 Å². The first kappa shape index (κ1) is 13.3. The first-order valence-electron chi connectivity index (χ1n) is 5.92. The third-order valence-corrected chi connectivity index (χ3v) is 3.20. The fourth-order valence-electron chi connectivity index (χ4n) is 2.28. The van der Waals surface area contributed by atoms with Crippen molar-refractivity contribution in [1.29, 1.82) is 0 Å². The zero-order chi connectivity index (χ0) is 15.1. The molecule has 0 aliphatic carbocycles. The van der Waals surface area contributed by atoms with Gasteiger partial charge in [0.1, 0.15) is 23.4 Å². The average Bonchev–Trinajstić information content (AvgIpc) is 2.41. The highest BCUT2D eigenvalue weighted by Crippen LogP contribution is 2.33. The van der Waals surface area contributed by atoms with E-state index in [1.165, 1.54) is 18.5 Å². The molecule has 1 aromatic carbocycles. The van der Waals surface area contributed by atoms with E-state index >= 15 is 0 Å². The van der Waals surface area contributed by atoms with Gasteiger partial charge in [-0.3, -0.25) is 14.6 Å². The first-order chi connectivity index (χ1) is 9.99. The van der Waals surface area contributed by atoms with Gasteiger partial charge in [0.25, 0.3) is 0 Å². The Balaban J connectivity index is 2.17. The van der Waals surface area contributed by atoms with Crippen molar-refractivity contribution in [2.45, 2.75) is 5.92 Å². The van der Waals surface area contributed by atoms with E-state index in [0.29, 0.717) is 12.1 Å². The highest BCUT2D eigenvalue weighted by molar-refractivity contribution is 6.24. The van der Waals surface area contributed by atoms with Crippen LogP contribution in [0.15, 0.2) is 30.6 Å². The van der Waals surface area contributed by atoms with Crippen molar-refractivity contribution in [3.63, 3.8) is 0 Å². The summed E-state index contributed by atoms with van der Waals surface area (Å²) in [5.41, 5.74) is -0.495. The molecule has 1 N–H and O–H groups in total. The van der Waals surface area contributed by atoms with Gasteiger partial charge in [-0.1, -0.05) is 0 Å². The van der Waals surface area contributed by atoms with Gasteiger partial charge >= 0.3 is 0 Å². The molecule has 7 heteroatoms. The standard InChI is InChI=1S/C14H7F3N2O2/c15-6-3-8(16)11(9(17)4-6)12-13(20)7-1-2-18-5-10(7)19-14(12)21/h1-5,12H,(H,19,21)/t12-/m1/s1. The molecule has 0 bridgehead atoms. The van der Waals surface area contributed by atoms with Gasteiger partial charge in [-0.15, -0.1) is 0 Å². The summed E-state index contributed by atoms with van der Waals surface area (Å²) in [6.07, 6.45) is 2.58. The van der Waals surface area contributed by atoms with Gasteiger partial charge in [-0.25, -0.2) is 13.2 Å². The maximum atomic E-state index is 13.8. The van der Waals surface area contributed by atoms with Crippen LogP contribution in [-0.2, 0) is 4.79 Å². The number of halogens is 3. The molecule has 0 unspecified atom stereocenters. The highest BCUT2D eigenvalue weighted by Gasteiger charge is 2.39. The topological polar surface area (TPSA) is 59.1 Å². The number of rotatable bonds is 1. The Morgan fingerprint density at radius 1 is 1.10 bits per heavy atom. The number of benzene rings is 1. The van der Waals surface area contributed by atoms with E-state index in [-0.39, 0.29) is 11.3 Å². The van der Waals surface area contributed by atoms with Crippen molar-refractivity contribution in [1.82, 2.24) is 4.98 Å². The Morgan fingerprint density at radius 2 is 1.76 bits per heavy atom. The number of hydrogen-bond acceptors (Lipinski definition) is 3. The van der Waals surface area contributed by atoms with Crippen molar-refractivity contribution in [3.05, 3.63) is 59.2 Å². The van der Waals surface area contributed by atoms with Gasteiger partial charge in [0, 0.05) is 29.5 Å². The van der Waals surface area contributed by atoms with Crippen LogP contribution in [0.2, 0.25) is 0 Å². The lowest BCUT2D eigenvalue weighted by atomic mass is 9.86. The number of nitrogens with one attached hydrogen (secondary N) is 1. The highest BCUT2D eigenvalue weighted by atomic mass is 19.1. The van der Waals surface area contributed by atoms with Crippen LogP contribution in [0.3, 0.4) is 0 Å². The van der Waals surface area contributed by atoms with E-state index in [2.05, 4.69) is 10.3 Å². The zero-order valence-corrected chi connectivity index (χ0v) is 10.4. The van der Waals surface area contributed by atoms with Gasteiger partial charge in [0.2, 0.25) is 5.91 Å². The summed E-state index contributed by atoms with van der Waals surface area (Å²) in [6, 6.07) is 2.20. The molecule has 1 aliphatic rings. The Bertz CT molecular complexity index is 754. The summed E-state index contributed by atoms with van der Waals surface area (Å²) < 4.78 is 40.5. The van der Waals surface area contributed by atoms with Crippen LogP contribution in [0.25, 0.3) is 0 Å². The molecular formula is C14H7F3N2O2. The number of ketones is 1. The normalized spacial score (nSPS) is 17.4. The number of hydrogen-bond donors (Lipinski definition) is 1. The third kappa shape index (κ3) is 2.06. The molecule has 0 saturated heterocycles. The van der Waals surface area contributed by atoms with Crippen LogP contribution < -0.4 is 5.32 Å². The van der Waals surface area contributed by atoms with Crippen LogP contribution in [-0.4, -0.2) is 16.7 Å². The Morgan fingerprint density at radius 3 is 2.43 bits per heavy atom. The number of aromatic nitrogens is 1. The number of Topliss-reactive ketones (excluding diaryl/α,β-unsaturated/α-hetero) is 1. The lowest BCUT2D eigenvalue weighted by Crippen LogP contribution is -2.34. The van der Waals surface area contributed by atoms with Crippen LogP contribution in [0.5, 0.6) is 0 Å². The molecule has 4 nitrogen and oxygen atoms in total. The minimum atomic E-state index is -1.69. The van der Waals surface area contributed by atoms with Crippen molar-refractivity contribution in [3.8, 4) is 0 Å². The molecule has 1 aromatic heterocycles. The number of amides is 1. The van der Waals surface area contributed by atoms with Gasteiger partial charge in [-0.2, -0.15) is 0 Å². The van der Waals surface area contributed by atoms with Crippen LogP contribution >= 0.6 is 0 Å². The molecule has 3 rings (SSSR count). The number of fused-ring (bicyclic) bond motifs is 1. The van der Waals surface area contributed by atoms with Crippen LogP contribution in [0.4, 0.5) is 18.9 Å². The summed E-state index contributed by atoms with van der Waals surface area (Å²) in [7, 11) is 0. The molecule has 106 valence electrons. The predicted molar refractivity (Wildman–Crippen MR) is 66.3 cm³/mol. The number of carbonyl (C=O) groups is 2. The molecule has 1 aliphatic heterocycles. The summed E-state index contributed by atoms with van der Waals surface area (Å²) in [5, 5.41) is 2.36. The van der Waals surface area contributed by atoms with E-state index in [0.717, 1.165) is 0 Å². The van der Waals surface area contributed by atoms with Crippen molar-refractivity contribution in [2.75, 3.05) is 5.32 Å². The van der Waals surface area contributed by atoms with Gasteiger partial charge < -0.3 is 5.32 Å². The number of anilines is 1.